The second-order valence-corrected chi connectivity index (χ2v) is 6.55. The fourth-order valence-corrected chi connectivity index (χ4v) is 2.91. The molecule has 1 N–H and O–H groups in total. The van der Waals surface area contributed by atoms with Crippen LogP contribution in [0.1, 0.15) is 16.8 Å². The normalized spacial score (nSPS) is 10.8. The van der Waals surface area contributed by atoms with E-state index < -0.39 is 5.82 Å². The molecule has 0 spiro atoms. The summed E-state index contributed by atoms with van der Waals surface area (Å²) < 4.78 is 14.9. The Morgan fingerprint density at radius 3 is 2.89 bits per heavy atom. The summed E-state index contributed by atoms with van der Waals surface area (Å²) in [4.78, 5) is 10.3. The molecular formula is C20H18ClFN5O+. The zero-order valence-electron chi connectivity index (χ0n) is 15.4. The van der Waals surface area contributed by atoms with E-state index >= 15 is 0 Å². The largest absolute Gasteiger partial charge is 0.391 e. The van der Waals surface area contributed by atoms with Gasteiger partial charge in [0.05, 0.1) is 23.1 Å². The molecule has 0 aliphatic heterocycles. The highest BCUT2D eigenvalue weighted by Gasteiger charge is 2.20. The number of oxime groups is 1. The molecule has 0 unspecified atom stereocenters. The Morgan fingerprint density at radius 2 is 2.18 bits per heavy atom. The maximum atomic E-state index is 13.1. The number of nitrogens with zero attached hydrogens (tertiary/aromatic N) is 4. The van der Waals surface area contributed by atoms with Crippen LogP contribution in [0.2, 0.25) is 5.02 Å². The molecule has 2 aromatic heterocycles. The molecule has 0 amide bonds. The summed E-state index contributed by atoms with van der Waals surface area (Å²) >= 11 is 5.97. The average molecular weight is 399 g/mol. The van der Waals surface area contributed by atoms with E-state index in [4.69, 9.17) is 16.4 Å². The van der Waals surface area contributed by atoms with Gasteiger partial charge >= 0.3 is 5.82 Å². The Balaban J connectivity index is 1.80. The molecule has 0 saturated carbocycles. The predicted octanol–water partition coefficient (Wildman–Crippen LogP) is 3.57. The van der Waals surface area contributed by atoms with Crippen LogP contribution in [0, 0.1) is 17.1 Å². The van der Waals surface area contributed by atoms with Gasteiger partial charge in [0.1, 0.15) is 24.7 Å². The van der Waals surface area contributed by atoms with E-state index in [0.717, 1.165) is 5.69 Å². The van der Waals surface area contributed by atoms with Crippen molar-refractivity contribution in [2.24, 2.45) is 5.16 Å². The van der Waals surface area contributed by atoms with E-state index in [0.29, 0.717) is 22.6 Å². The second-order valence-electron chi connectivity index (χ2n) is 6.14. The van der Waals surface area contributed by atoms with Gasteiger partial charge in [-0.25, -0.2) is 9.37 Å². The molecule has 0 bridgehead atoms. The van der Waals surface area contributed by atoms with Crippen LogP contribution in [0.15, 0.2) is 53.9 Å². The molecule has 0 fully saturated rings. The van der Waals surface area contributed by atoms with Crippen molar-refractivity contribution in [2.75, 3.05) is 19.0 Å². The first-order valence-electron chi connectivity index (χ1n) is 8.40. The smallest absolute Gasteiger partial charge is 0.304 e. The molecule has 3 aromatic rings. The Hall–Kier alpha value is -3.37. The summed E-state index contributed by atoms with van der Waals surface area (Å²) in [5.74, 6) is 0.223. The van der Waals surface area contributed by atoms with Crippen molar-refractivity contribution < 1.29 is 14.2 Å². The van der Waals surface area contributed by atoms with Gasteiger partial charge in [-0.05, 0) is 24.3 Å². The molecule has 0 radical (unpaired) electrons. The van der Waals surface area contributed by atoms with Crippen molar-refractivity contribution in [2.45, 2.75) is 6.61 Å². The minimum absolute atomic E-state index is 0.113. The first-order chi connectivity index (χ1) is 13.5. The standard InChI is InChI=1S/C20H17ClFN5O/c1-26(2)19-7-8-24-20(17(19)11-23)27-9-3-4-16(27)12-25-28-13-14-5-6-15(22)10-18(14)21/h3-10,12H,13H2,1-2H3/p+1/b25-12+. The van der Waals surface area contributed by atoms with Crippen molar-refractivity contribution >= 4 is 23.5 Å². The van der Waals surface area contributed by atoms with Gasteiger partial charge in [0, 0.05) is 25.7 Å². The number of pyridine rings is 1. The zero-order chi connectivity index (χ0) is 20.1. The minimum Gasteiger partial charge on any atom is -0.391 e. The molecule has 3 rings (SSSR count). The van der Waals surface area contributed by atoms with Crippen LogP contribution in [-0.2, 0) is 11.4 Å². The summed E-state index contributed by atoms with van der Waals surface area (Å²) in [6.45, 7) is 0.113. The van der Waals surface area contributed by atoms with E-state index in [-0.39, 0.29) is 11.6 Å². The van der Waals surface area contributed by atoms with Gasteiger partial charge in [-0.15, -0.1) is 0 Å². The lowest BCUT2D eigenvalue weighted by molar-refractivity contribution is -0.373. The summed E-state index contributed by atoms with van der Waals surface area (Å²) in [6, 6.07) is 11.9. The monoisotopic (exact) mass is 398 g/mol. The topological polar surface area (TPSA) is 67.7 Å². The maximum absolute atomic E-state index is 13.1. The summed E-state index contributed by atoms with van der Waals surface area (Å²) in [5.41, 5.74) is 2.66. The Kier molecular flexibility index (Phi) is 5.92. The number of aromatic amines is 1. The second kappa shape index (κ2) is 8.55. The van der Waals surface area contributed by atoms with Gasteiger partial charge in [-0.1, -0.05) is 22.8 Å². The highest BCUT2D eigenvalue weighted by atomic mass is 35.5. The lowest BCUT2D eigenvalue weighted by Gasteiger charge is -2.13. The van der Waals surface area contributed by atoms with Crippen LogP contribution in [-0.4, -0.2) is 24.9 Å². The first-order valence-corrected chi connectivity index (χ1v) is 8.78. The number of H-pyrrole nitrogens is 1. The quantitative estimate of drug-likeness (QED) is 0.471. The van der Waals surface area contributed by atoms with Crippen molar-refractivity contribution in [3.8, 4) is 11.9 Å². The van der Waals surface area contributed by atoms with Gasteiger partial charge in [0.15, 0.2) is 11.3 Å². The number of hydrogen-bond acceptors (Lipinski definition) is 4. The lowest BCUT2D eigenvalue weighted by Crippen LogP contribution is -2.20. The zero-order valence-corrected chi connectivity index (χ0v) is 16.1. The molecule has 0 saturated heterocycles. The fourth-order valence-electron chi connectivity index (χ4n) is 2.69. The van der Waals surface area contributed by atoms with Crippen molar-refractivity contribution in [1.29, 1.82) is 5.26 Å². The minimum atomic E-state index is -0.403. The number of benzene rings is 1. The molecule has 0 atom stereocenters. The van der Waals surface area contributed by atoms with E-state index in [1.54, 1.807) is 12.3 Å². The number of nitrogens with one attached hydrogen (secondary N) is 1. The Morgan fingerprint density at radius 1 is 1.36 bits per heavy atom. The number of aromatic nitrogens is 2. The van der Waals surface area contributed by atoms with Crippen molar-refractivity contribution in [3.05, 3.63) is 76.5 Å². The molecule has 142 valence electrons. The third-order valence-corrected chi connectivity index (χ3v) is 4.42. The van der Waals surface area contributed by atoms with E-state index in [1.807, 2.05) is 48.0 Å². The molecule has 6 nitrogen and oxygen atoms in total. The van der Waals surface area contributed by atoms with Gasteiger partial charge in [0.2, 0.25) is 0 Å². The average Bonchev–Trinajstić information content (AvgIpc) is 3.14. The van der Waals surface area contributed by atoms with Gasteiger partial charge in [0.25, 0.3) is 0 Å². The van der Waals surface area contributed by atoms with Gasteiger partial charge in [-0.2, -0.15) is 9.83 Å². The molecular weight excluding hydrogens is 381 g/mol. The van der Waals surface area contributed by atoms with Crippen LogP contribution in [0.3, 0.4) is 0 Å². The lowest BCUT2D eigenvalue weighted by atomic mass is 10.2. The molecule has 8 heteroatoms. The van der Waals surface area contributed by atoms with Gasteiger partial charge in [-0.3, -0.25) is 0 Å². The third-order valence-electron chi connectivity index (χ3n) is 4.06. The van der Waals surface area contributed by atoms with Crippen LogP contribution >= 0.6 is 11.6 Å². The first kappa shape index (κ1) is 19.4. The molecule has 28 heavy (non-hydrogen) atoms. The number of nitriles is 1. The van der Waals surface area contributed by atoms with Crippen LogP contribution in [0.5, 0.6) is 0 Å². The van der Waals surface area contributed by atoms with Crippen molar-refractivity contribution in [3.63, 3.8) is 0 Å². The number of anilines is 1. The van der Waals surface area contributed by atoms with E-state index in [2.05, 4.69) is 16.2 Å². The number of rotatable bonds is 6. The van der Waals surface area contributed by atoms with Gasteiger partial charge < -0.3 is 9.74 Å². The molecule has 0 aliphatic carbocycles. The summed E-state index contributed by atoms with van der Waals surface area (Å²) in [7, 11) is 3.76. The molecule has 2 heterocycles. The molecule has 1 aromatic carbocycles. The van der Waals surface area contributed by atoms with Crippen LogP contribution < -0.4 is 9.88 Å². The predicted molar refractivity (Wildman–Crippen MR) is 105 cm³/mol. The summed E-state index contributed by atoms with van der Waals surface area (Å²) in [5, 5.41) is 13.9. The van der Waals surface area contributed by atoms with Crippen LogP contribution in [0.4, 0.5) is 10.1 Å². The Labute approximate surface area is 167 Å². The van der Waals surface area contributed by atoms with E-state index in [9.17, 15) is 9.65 Å². The maximum Gasteiger partial charge on any atom is 0.304 e. The number of halogens is 2. The SMILES string of the molecule is CN(C)c1cc[nH+]c(-n2cccc2/C=N/OCc2ccc(F)cc2Cl)c1C#N. The third kappa shape index (κ3) is 4.13. The highest BCUT2D eigenvalue weighted by molar-refractivity contribution is 6.31. The highest BCUT2D eigenvalue weighted by Crippen LogP contribution is 2.22. The number of hydrogen-bond donors (Lipinski definition) is 0. The molecule has 0 aliphatic rings. The van der Waals surface area contributed by atoms with Crippen LogP contribution in [0.25, 0.3) is 5.82 Å². The Bertz CT molecular complexity index is 1050. The van der Waals surface area contributed by atoms with E-state index in [1.165, 1.54) is 18.3 Å². The van der Waals surface area contributed by atoms with Crippen molar-refractivity contribution in [1.82, 2.24) is 4.57 Å². The fraction of sp³-hybridized carbons (Fsp3) is 0.150. The summed E-state index contributed by atoms with van der Waals surface area (Å²) in [6.07, 6.45) is 5.14.